The van der Waals surface area contributed by atoms with Gasteiger partial charge in [0.1, 0.15) is 5.54 Å². The van der Waals surface area contributed by atoms with Gasteiger partial charge in [0.15, 0.2) is 0 Å². The van der Waals surface area contributed by atoms with Crippen LogP contribution in [0.1, 0.15) is 19.8 Å². The standard InChI is InChI=1S/C10H18N2O2/c1-2-14-9(13)10(11)3-7-5-12-6-8(7)4-10/h7-8,12H,2-6,11H2,1H3/t7-,8+,10?. The summed E-state index contributed by atoms with van der Waals surface area (Å²) in [6.07, 6.45) is 1.56. The number of nitrogens with two attached hydrogens (primary N) is 1. The van der Waals surface area contributed by atoms with Crippen molar-refractivity contribution < 1.29 is 9.53 Å². The maximum absolute atomic E-state index is 11.6. The molecule has 4 nitrogen and oxygen atoms in total. The molecule has 4 heteroatoms. The van der Waals surface area contributed by atoms with Gasteiger partial charge in [-0.2, -0.15) is 0 Å². The molecule has 2 rings (SSSR count). The van der Waals surface area contributed by atoms with Crippen LogP contribution in [0.15, 0.2) is 0 Å². The SMILES string of the molecule is CCOC(=O)C1(N)C[C@H]2CNC[C@H]2C1. The average Bonchev–Trinajstić information content (AvgIpc) is 2.63. The highest BCUT2D eigenvalue weighted by Gasteiger charge is 2.49. The van der Waals surface area contributed by atoms with Gasteiger partial charge in [-0.3, -0.25) is 4.79 Å². The van der Waals surface area contributed by atoms with Crippen LogP contribution in [0.3, 0.4) is 0 Å². The molecule has 0 amide bonds. The molecule has 0 aromatic rings. The van der Waals surface area contributed by atoms with Crippen molar-refractivity contribution in [3.05, 3.63) is 0 Å². The minimum atomic E-state index is -0.701. The Hall–Kier alpha value is -0.610. The molecule has 14 heavy (non-hydrogen) atoms. The van der Waals surface area contributed by atoms with Crippen LogP contribution in [0.5, 0.6) is 0 Å². The van der Waals surface area contributed by atoms with Gasteiger partial charge in [-0.1, -0.05) is 0 Å². The number of hydrogen-bond acceptors (Lipinski definition) is 4. The quantitative estimate of drug-likeness (QED) is 0.607. The minimum Gasteiger partial charge on any atom is -0.465 e. The number of carbonyl (C=O) groups is 1. The normalized spacial score (nSPS) is 41.0. The van der Waals surface area contributed by atoms with Crippen LogP contribution in [0, 0.1) is 11.8 Å². The first-order chi connectivity index (χ1) is 6.65. The summed E-state index contributed by atoms with van der Waals surface area (Å²) in [5.74, 6) is 0.934. The summed E-state index contributed by atoms with van der Waals surface area (Å²) in [6, 6.07) is 0. The molecule has 0 bridgehead atoms. The van der Waals surface area contributed by atoms with E-state index in [1.807, 2.05) is 6.92 Å². The second-order valence-corrected chi connectivity index (χ2v) is 4.46. The molecule has 1 aliphatic heterocycles. The lowest BCUT2D eigenvalue weighted by atomic mass is 9.97. The largest absolute Gasteiger partial charge is 0.465 e. The number of esters is 1. The first kappa shape index (κ1) is 9.93. The fourth-order valence-corrected chi connectivity index (χ4v) is 2.73. The molecule has 1 saturated carbocycles. The molecule has 0 spiro atoms. The molecule has 2 fully saturated rings. The van der Waals surface area contributed by atoms with Gasteiger partial charge in [0.2, 0.25) is 0 Å². The summed E-state index contributed by atoms with van der Waals surface area (Å²) in [6.45, 7) is 4.25. The second kappa shape index (κ2) is 3.51. The Balaban J connectivity index is 2.01. The fourth-order valence-electron chi connectivity index (χ4n) is 2.73. The van der Waals surface area contributed by atoms with Gasteiger partial charge in [0, 0.05) is 0 Å². The average molecular weight is 198 g/mol. The molecule has 1 heterocycles. The summed E-state index contributed by atoms with van der Waals surface area (Å²) in [5, 5.41) is 3.33. The number of hydrogen-bond donors (Lipinski definition) is 2. The number of rotatable bonds is 2. The number of nitrogens with one attached hydrogen (secondary N) is 1. The Morgan fingerprint density at radius 1 is 1.50 bits per heavy atom. The van der Waals surface area contributed by atoms with Crippen LogP contribution in [0.4, 0.5) is 0 Å². The van der Waals surface area contributed by atoms with Crippen LogP contribution in [-0.4, -0.2) is 31.2 Å². The minimum absolute atomic E-state index is 0.214. The smallest absolute Gasteiger partial charge is 0.326 e. The van der Waals surface area contributed by atoms with Gasteiger partial charge in [-0.25, -0.2) is 0 Å². The molecule has 0 aromatic heterocycles. The van der Waals surface area contributed by atoms with Crippen LogP contribution in [0.2, 0.25) is 0 Å². The lowest BCUT2D eigenvalue weighted by Gasteiger charge is -2.22. The molecule has 3 atom stereocenters. The third-order valence-corrected chi connectivity index (χ3v) is 3.41. The summed E-state index contributed by atoms with van der Waals surface area (Å²) >= 11 is 0. The van der Waals surface area contributed by atoms with E-state index < -0.39 is 5.54 Å². The van der Waals surface area contributed by atoms with E-state index in [4.69, 9.17) is 10.5 Å². The van der Waals surface area contributed by atoms with E-state index in [9.17, 15) is 4.79 Å². The van der Waals surface area contributed by atoms with E-state index in [2.05, 4.69) is 5.32 Å². The third kappa shape index (κ3) is 1.53. The van der Waals surface area contributed by atoms with Crippen molar-refractivity contribution in [2.75, 3.05) is 19.7 Å². The third-order valence-electron chi connectivity index (χ3n) is 3.41. The van der Waals surface area contributed by atoms with Gasteiger partial charge in [-0.05, 0) is 44.7 Å². The summed E-state index contributed by atoms with van der Waals surface area (Å²) in [4.78, 5) is 11.6. The lowest BCUT2D eigenvalue weighted by Crippen LogP contribution is -2.47. The molecule has 0 radical (unpaired) electrons. The van der Waals surface area contributed by atoms with Crippen molar-refractivity contribution in [3.63, 3.8) is 0 Å². The topological polar surface area (TPSA) is 64.3 Å². The van der Waals surface area contributed by atoms with Gasteiger partial charge >= 0.3 is 5.97 Å². The van der Waals surface area contributed by atoms with Crippen molar-refractivity contribution in [1.29, 1.82) is 0 Å². The van der Waals surface area contributed by atoms with Gasteiger partial charge in [-0.15, -0.1) is 0 Å². The number of carbonyl (C=O) groups excluding carboxylic acids is 1. The highest BCUT2D eigenvalue weighted by molar-refractivity contribution is 5.81. The highest BCUT2D eigenvalue weighted by atomic mass is 16.5. The Bertz CT molecular complexity index is 230. The zero-order valence-electron chi connectivity index (χ0n) is 8.58. The first-order valence-corrected chi connectivity index (χ1v) is 5.32. The molecule has 2 aliphatic rings. The van der Waals surface area contributed by atoms with E-state index in [1.165, 1.54) is 0 Å². The molecule has 80 valence electrons. The molecule has 1 unspecified atom stereocenters. The van der Waals surface area contributed by atoms with Crippen molar-refractivity contribution in [2.24, 2.45) is 17.6 Å². The van der Waals surface area contributed by atoms with Crippen molar-refractivity contribution >= 4 is 5.97 Å². The Kier molecular flexibility index (Phi) is 2.49. The Labute approximate surface area is 84.2 Å². The summed E-state index contributed by atoms with van der Waals surface area (Å²) in [7, 11) is 0. The predicted octanol–water partition coefficient (Wildman–Crippen LogP) is -0.124. The van der Waals surface area contributed by atoms with Crippen LogP contribution < -0.4 is 11.1 Å². The zero-order chi connectivity index (χ0) is 10.2. The zero-order valence-corrected chi connectivity index (χ0v) is 8.58. The molecule has 3 N–H and O–H groups in total. The number of ether oxygens (including phenoxy) is 1. The van der Waals surface area contributed by atoms with E-state index in [0.717, 1.165) is 25.9 Å². The molecule has 1 saturated heterocycles. The van der Waals surface area contributed by atoms with Crippen LogP contribution in [-0.2, 0) is 9.53 Å². The van der Waals surface area contributed by atoms with Crippen LogP contribution >= 0.6 is 0 Å². The van der Waals surface area contributed by atoms with Crippen molar-refractivity contribution in [2.45, 2.75) is 25.3 Å². The Morgan fingerprint density at radius 3 is 2.57 bits per heavy atom. The molecular weight excluding hydrogens is 180 g/mol. The number of fused-ring (bicyclic) bond motifs is 1. The van der Waals surface area contributed by atoms with E-state index in [0.29, 0.717) is 18.4 Å². The lowest BCUT2D eigenvalue weighted by molar-refractivity contribution is -0.149. The molecule has 0 aromatic carbocycles. The maximum Gasteiger partial charge on any atom is 0.326 e. The van der Waals surface area contributed by atoms with Crippen molar-refractivity contribution in [1.82, 2.24) is 5.32 Å². The van der Waals surface area contributed by atoms with Gasteiger partial charge in [0.05, 0.1) is 6.61 Å². The van der Waals surface area contributed by atoms with Crippen molar-refractivity contribution in [3.8, 4) is 0 Å². The highest BCUT2D eigenvalue weighted by Crippen LogP contribution is 2.40. The van der Waals surface area contributed by atoms with Gasteiger partial charge in [0.25, 0.3) is 0 Å². The van der Waals surface area contributed by atoms with E-state index in [-0.39, 0.29) is 5.97 Å². The van der Waals surface area contributed by atoms with Gasteiger partial charge < -0.3 is 15.8 Å². The maximum atomic E-state index is 11.6. The van der Waals surface area contributed by atoms with Crippen LogP contribution in [0.25, 0.3) is 0 Å². The fraction of sp³-hybridized carbons (Fsp3) is 0.900. The molecular formula is C10H18N2O2. The predicted molar refractivity (Wildman–Crippen MR) is 52.6 cm³/mol. The Morgan fingerprint density at radius 2 is 2.07 bits per heavy atom. The summed E-state index contributed by atoms with van der Waals surface area (Å²) in [5.41, 5.74) is 5.38. The second-order valence-electron chi connectivity index (χ2n) is 4.46. The van der Waals surface area contributed by atoms with E-state index >= 15 is 0 Å². The summed E-state index contributed by atoms with van der Waals surface area (Å²) < 4.78 is 5.01. The monoisotopic (exact) mass is 198 g/mol. The van der Waals surface area contributed by atoms with E-state index in [1.54, 1.807) is 0 Å². The molecule has 1 aliphatic carbocycles. The first-order valence-electron chi connectivity index (χ1n) is 5.32.